The van der Waals surface area contributed by atoms with Crippen LogP contribution in [0.3, 0.4) is 0 Å². The molecule has 0 unspecified atom stereocenters. The Morgan fingerprint density at radius 2 is 2.05 bits per heavy atom. The minimum absolute atomic E-state index is 0.112. The number of hydroxylamine groups is 1. The van der Waals surface area contributed by atoms with E-state index in [0.29, 0.717) is 10.2 Å². The van der Waals surface area contributed by atoms with Gasteiger partial charge in [-0.05, 0) is 34.1 Å². The molecule has 9 heteroatoms. The SMILES string of the molecule is FC(F)(F)c1ccc(N2CN=C(c3occc3Br)O2)nc1. The zero-order valence-corrected chi connectivity index (χ0v) is 11.8. The molecule has 3 rings (SSSR count). The molecule has 0 spiro atoms. The van der Waals surface area contributed by atoms with Gasteiger partial charge in [0.25, 0.3) is 5.90 Å². The number of hydrogen-bond donors (Lipinski definition) is 0. The normalized spacial score (nSPS) is 15.0. The molecule has 1 aliphatic rings. The van der Waals surface area contributed by atoms with E-state index in [4.69, 9.17) is 9.25 Å². The van der Waals surface area contributed by atoms with Crippen molar-refractivity contribution in [3.05, 3.63) is 46.5 Å². The number of alkyl halides is 3. The Bertz CT molecular complexity index is 682. The smallest absolute Gasteiger partial charge is 0.417 e. The van der Waals surface area contributed by atoms with E-state index in [1.165, 1.54) is 17.4 Å². The van der Waals surface area contributed by atoms with Crippen LogP contribution < -0.4 is 5.06 Å². The van der Waals surface area contributed by atoms with Gasteiger partial charge in [-0.25, -0.2) is 9.98 Å². The van der Waals surface area contributed by atoms with E-state index in [0.717, 1.165) is 12.3 Å². The maximum atomic E-state index is 12.5. The maximum Gasteiger partial charge on any atom is 0.417 e. The van der Waals surface area contributed by atoms with E-state index in [1.54, 1.807) is 6.07 Å². The molecule has 5 nitrogen and oxygen atoms in total. The summed E-state index contributed by atoms with van der Waals surface area (Å²) in [6, 6.07) is 3.84. The van der Waals surface area contributed by atoms with Crippen LogP contribution in [0.4, 0.5) is 19.0 Å². The predicted octanol–water partition coefficient (Wildman–Crippen LogP) is 3.61. The lowest BCUT2D eigenvalue weighted by atomic mass is 10.3. The molecule has 0 atom stereocenters. The van der Waals surface area contributed by atoms with Crippen LogP contribution in [0.25, 0.3) is 0 Å². The Morgan fingerprint density at radius 1 is 1.24 bits per heavy atom. The molecule has 2 aromatic rings. The van der Waals surface area contributed by atoms with Crippen molar-refractivity contribution in [2.24, 2.45) is 4.99 Å². The first-order valence-electron chi connectivity index (χ1n) is 5.72. The van der Waals surface area contributed by atoms with Gasteiger partial charge in [-0.2, -0.15) is 18.2 Å². The molecular formula is C12H7BrF3N3O2. The van der Waals surface area contributed by atoms with Crippen molar-refractivity contribution >= 4 is 27.6 Å². The zero-order chi connectivity index (χ0) is 15.0. The van der Waals surface area contributed by atoms with Crippen LogP contribution in [0.1, 0.15) is 11.3 Å². The Kier molecular flexibility index (Phi) is 3.36. The average Bonchev–Trinajstić information content (AvgIpc) is 3.06. The second kappa shape index (κ2) is 5.06. The molecule has 0 fully saturated rings. The van der Waals surface area contributed by atoms with Crippen LogP contribution in [-0.2, 0) is 11.0 Å². The van der Waals surface area contributed by atoms with Crippen LogP contribution in [0.5, 0.6) is 0 Å². The summed E-state index contributed by atoms with van der Waals surface area (Å²) in [7, 11) is 0. The number of aliphatic imine (C=N–C) groups is 1. The Hall–Kier alpha value is -2.03. The largest absolute Gasteiger partial charge is 0.458 e. The second-order valence-electron chi connectivity index (χ2n) is 4.07. The molecule has 3 heterocycles. The van der Waals surface area contributed by atoms with E-state index in [-0.39, 0.29) is 18.4 Å². The van der Waals surface area contributed by atoms with Crippen LogP contribution >= 0.6 is 15.9 Å². The van der Waals surface area contributed by atoms with Gasteiger partial charge < -0.3 is 9.25 Å². The Labute approximate surface area is 125 Å². The summed E-state index contributed by atoms with van der Waals surface area (Å²) in [5.74, 6) is 0.863. The van der Waals surface area contributed by atoms with Gasteiger partial charge in [0, 0.05) is 6.20 Å². The van der Waals surface area contributed by atoms with Crippen molar-refractivity contribution in [1.82, 2.24) is 4.98 Å². The summed E-state index contributed by atoms with van der Waals surface area (Å²) in [4.78, 5) is 13.2. The summed E-state index contributed by atoms with van der Waals surface area (Å²) in [5, 5.41) is 1.27. The fourth-order valence-electron chi connectivity index (χ4n) is 1.67. The molecule has 0 aliphatic carbocycles. The number of hydrogen-bond acceptors (Lipinski definition) is 5. The highest BCUT2D eigenvalue weighted by Gasteiger charge is 2.31. The minimum Gasteiger partial charge on any atom is -0.458 e. The highest BCUT2D eigenvalue weighted by atomic mass is 79.9. The Morgan fingerprint density at radius 3 is 2.62 bits per heavy atom. The molecule has 0 saturated carbocycles. The van der Waals surface area contributed by atoms with Crippen molar-refractivity contribution in [2.45, 2.75) is 6.18 Å². The van der Waals surface area contributed by atoms with Gasteiger partial charge in [0.1, 0.15) is 0 Å². The van der Waals surface area contributed by atoms with Crippen LogP contribution in [0.2, 0.25) is 0 Å². The lowest BCUT2D eigenvalue weighted by molar-refractivity contribution is -0.137. The van der Waals surface area contributed by atoms with E-state index in [1.807, 2.05) is 0 Å². The van der Waals surface area contributed by atoms with E-state index in [9.17, 15) is 13.2 Å². The van der Waals surface area contributed by atoms with E-state index in [2.05, 4.69) is 25.9 Å². The Balaban J connectivity index is 1.75. The molecule has 0 saturated heterocycles. The lowest BCUT2D eigenvalue weighted by Crippen LogP contribution is -2.21. The van der Waals surface area contributed by atoms with E-state index < -0.39 is 11.7 Å². The summed E-state index contributed by atoms with van der Waals surface area (Å²) >= 11 is 3.27. The molecule has 0 N–H and O–H groups in total. The van der Waals surface area contributed by atoms with Gasteiger partial charge in [-0.1, -0.05) is 0 Å². The highest BCUT2D eigenvalue weighted by molar-refractivity contribution is 9.10. The highest BCUT2D eigenvalue weighted by Crippen LogP contribution is 2.30. The van der Waals surface area contributed by atoms with Gasteiger partial charge >= 0.3 is 6.18 Å². The number of furan rings is 1. The molecule has 0 amide bonds. The minimum atomic E-state index is -4.42. The van der Waals surface area contributed by atoms with E-state index >= 15 is 0 Å². The van der Waals surface area contributed by atoms with Gasteiger partial charge in [-0.3, -0.25) is 0 Å². The monoisotopic (exact) mass is 361 g/mol. The molecule has 110 valence electrons. The number of pyridine rings is 1. The first-order valence-corrected chi connectivity index (χ1v) is 6.51. The van der Waals surface area contributed by atoms with Gasteiger partial charge in [0.05, 0.1) is 16.3 Å². The molecule has 21 heavy (non-hydrogen) atoms. The molecule has 2 aromatic heterocycles. The summed E-state index contributed by atoms with van der Waals surface area (Å²) in [6.07, 6.45) is -2.21. The number of halogens is 4. The van der Waals surface area contributed by atoms with Crippen molar-refractivity contribution in [3.8, 4) is 0 Å². The fourth-order valence-corrected chi connectivity index (χ4v) is 2.04. The predicted molar refractivity (Wildman–Crippen MR) is 70.6 cm³/mol. The van der Waals surface area contributed by atoms with Crippen LogP contribution in [0, 0.1) is 0 Å². The van der Waals surface area contributed by atoms with Crippen molar-refractivity contribution in [3.63, 3.8) is 0 Å². The quantitative estimate of drug-likeness (QED) is 0.819. The standard InChI is InChI=1S/C12H7BrF3N3O2/c13-8-3-4-20-10(8)11-18-6-19(21-11)9-2-1-7(5-17-9)12(14,15)16/h1-5H,6H2. The molecule has 0 radical (unpaired) electrons. The van der Waals surface area contributed by atoms with Gasteiger partial charge in [-0.15, -0.1) is 0 Å². The fraction of sp³-hybridized carbons (Fsp3) is 0.167. The number of anilines is 1. The summed E-state index contributed by atoms with van der Waals surface area (Å²) < 4.78 is 43.3. The molecule has 0 aromatic carbocycles. The van der Waals surface area contributed by atoms with Crippen LogP contribution in [-0.4, -0.2) is 17.6 Å². The number of nitrogens with zero attached hydrogens (tertiary/aromatic N) is 3. The first-order chi connectivity index (χ1) is 9.95. The van der Waals surface area contributed by atoms with Crippen molar-refractivity contribution < 1.29 is 22.4 Å². The first kappa shape index (κ1) is 13.9. The third-order valence-electron chi connectivity index (χ3n) is 2.68. The van der Waals surface area contributed by atoms with Gasteiger partial charge in [0.2, 0.25) is 5.76 Å². The third kappa shape index (κ3) is 2.73. The average molecular weight is 362 g/mol. The number of rotatable bonds is 2. The van der Waals surface area contributed by atoms with Crippen molar-refractivity contribution in [1.29, 1.82) is 0 Å². The van der Waals surface area contributed by atoms with Gasteiger partial charge in [0.15, 0.2) is 12.5 Å². The lowest BCUT2D eigenvalue weighted by Gasteiger charge is -2.15. The topological polar surface area (TPSA) is 50.9 Å². The molecule has 1 aliphatic heterocycles. The van der Waals surface area contributed by atoms with Crippen molar-refractivity contribution in [2.75, 3.05) is 11.7 Å². The maximum absolute atomic E-state index is 12.5. The summed E-state index contributed by atoms with van der Waals surface area (Å²) in [5.41, 5.74) is -0.819. The molecular weight excluding hydrogens is 355 g/mol. The number of aromatic nitrogens is 1. The molecule has 0 bridgehead atoms. The van der Waals surface area contributed by atoms with Crippen LogP contribution in [0.15, 0.2) is 44.5 Å². The zero-order valence-electron chi connectivity index (χ0n) is 10.3. The summed E-state index contributed by atoms with van der Waals surface area (Å²) in [6.45, 7) is 0.112. The second-order valence-corrected chi connectivity index (χ2v) is 4.93. The third-order valence-corrected chi connectivity index (χ3v) is 3.31.